The van der Waals surface area contributed by atoms with Crippen molar-refractivity contribution in [3.63, 3.8) is 0 Å². The number of hydrogen-bond donors (Lipinski definition) is 3. The molecule has 0 saturated heterocycles. The molecule has 1 amide bonds. The van der Waals surface area contributed by atoms with Gasteiger partial charge in [0, 0.05) is 18.0 Å². The smallest absolute Gasteiger partial charge is 0.234 e. The largest absolute Gasteiger partial charge is 0.396 e. The molecule has 1 rings (SSSR count). The van der Waals surface area contributed by atoms with Gasteiger partial charge in [-0.3, -0.25) is 9.69 Å². The van der Waals surface area contributed by atoms with E-state index in [1.54, 1.807) is 0 Å². The lowest BCUT2D eigenvalue weighted by Gasteiger charge is -2.31. The number of nitrogens with one attached hydrogen (secondary N) is 1. The van der Waals surface area contributed by atoms with E-state index < -0.39 is 5.41 Å². The summed E-state index contributed by atoms with van der Waals surface area (Å²) in [5.74, 6) is 0.811. The molecule has 0 heterocycles. The molecule has 0 aliphatic heterocycles. The molecule has 3 N–H and O–H groups in total. The van der Waals surface area contributed by atoms with Gasteiger partial charge in [-0.05, 0) is 38.6 Å². The molecule has 0 aromatic heterocycles. The molecule has 0 radical (unpaired) electrons. The molecule has 0 spiro atoms. The molecule has 5 heteroatoms. The van der Waals surface area contributed by atoms with Crippen LogP contribution in [-0.2, 0) is 4.79 Å². The average molecular weight is 286 g/mol. The van der Waals surface area contributed by atoms with Gasteiger partial charge in [-0.2, -0.15) is 0 Å². The normalized spacial score (nSPS) is 23.9. The number of carbonyl (C=O) groups excluding carboxylic acids is 1. The fraction of sp³-hybridized carbons (Fsp3) is 0.933. The van der Waals surface area contributed by atoms with Crippen LogP contribution in [-0.4, -0.2) is 60.4 Å². The number of likely N-dealkylation sites (N-methyl/N-ethyl adjacent to an activating group) is 1. The summed E-state index contributed by atoms with van der Waals surface area (Å²) < 4.78 is 0. The van der Waals surface area contributed by atoms with Gasteiger partial charge >= 0.3 is 0 Å². The molecule has 0 aromatic carbocycles. The topological polar surface area (TPSA) is 72.8 Å². The van der Waals surface area contributed by atoms with E-state index in [1.165, 1.54) is 12.8 Å². The Morgan fingerprint density at radius 2 is 1.80 bits per heavy atom. The third kappa shape index (κ3) is 5.77. The summed E-state index contributed by atoms with van der Waals surface area (Å²) in [6.07, 6.45) is 4.52. The maximum atomic E-state index is 12.0. The van der Waals surface area contributed by atoms with Crippen molar-refractivity contribution in [3.05, 3.63) is 0 Å². The first-order valence-corrected chi connectivity index (χ1v) is 7.58. The first kappa shape index (κ1) is 17.4. The summed E-state index contributed by atoms with van der Waals surface area (Å²) in [6, 6.07) is 0.314. The summed E-state index contributed by atoms with van der Waals surface area (Å²) in [4.78, 5) is 13.8. The minimum absolute atomic E-state index is 0.0327. The van der Waals surface area contributed by atoms with Crippen molar-refractivity contribution in [2.75, 3.05) is 33.4 Å². The predicted molar refractivity (Wildman–Crippen MR) is 79.3 cm³/mol. The molecule has 0 atom stereocenters. The van der Waals surface area contributed by atoms with E-state index in [9.17, 15) is 15.0 Å². The van der Waals surface area contributed by atoms with Gasteiger partial charge in [-0.15, -0.1) is 0 Å². The van der Waals surface area contributed by atoms with Gasteiger partial charge in [0.15, 0.2) is 0 Å². The Bertz CT molecular complexity index is 297. The number of hydrogen-bond acceptors (Lipinski definition) is 4. The van der Waals surface area contributed by atoms with E-state index in [4.69, 9.17) is 0 Å². The van der Waals surface area contributed by atoms with Crippen LogP contribution >= 0.6 is 0 Å². The maximum Gasteiger partial charge on any atom is 0.234 e. The summed E-state index contributed by atoms with van der Waals surface area (Å²) >= 11 is 0. The Kier molecular flexibility index (Phi) is 6.92. The molecule has 1 fully saturated rings. The molecule has 0 aromatic rings. The zero-order valence-electron chi connectivity index (χ0n) is 13.1. The van der Waals surface area contributed by atoms with Crippen molar-refractivity contribution in [3.8, 4) is 0 Å². The van der Waals surface area contributed by atoms with E-state index in [1.807, 2.05) is 18.9 Å². The van der Waals surface area contributed by atoms with Crippen molar-refractivity contribution < 1.29 is 15.0 Å². The van der Waals surface area contributed by atoms with Crippen LogP contribution in [0.25, 0.3) is 0 Å². The van der Waals surface area contributed by atoms with Gasteiger partial charge in [0.1, 0.15) is 0 Å². The molecule has 1 aliphatic carbocycles. The lowest BCUT2D eigenvalue weighted by atomic mass is 9.87. The second-order valence-corrected chi connectivity index (χ2v) is 6.82. The predicted octanol–water partition coefficient (Wildman–Crippen LogP) is 0.604. The molecule has 20 heavy (non-hydrogen) atoms. The summed E-state index contributed by atoms with van der Waals surface area (Å²) in [6.45, 7) is 4.70. The first-order valence-electron chi connectivity index (χ1n) is 7.58. The fourth-order valence-electron chi connectivity index (χ4n) is 2.78. The minimum atomic E-state index is -0.560. The second-order valence-electron chi connectivity index (χ2n) is 6.82. The Hall–Kier alpha value is -0.650. The Morgan fingerprint density at radius 3 is 2.30 bits per heavy atom. The van der Waals surface area contributed by atoms with Crippen LogP contribution in [0.4, 0.5) is 0 Å². The zero-order valence-corrected chi connectivity index (χ0v) is 13.1. The Morgan fingerprint density at radius 1 is 1.25 bits per heavy atom. The van der Waals surface area contributed by atoms with Gasteiger partial charge < -0.3 is 15.5 Å². The molecule has 0 unspecified atom stereocenters. The van der Waals surface area contributed by atoms with Gasteiger partial charge in [-0.25, -0.2) is 0 Å². The molecule has 118 valence electrons. The highest BCUT2D eigenvalue weighted by molar-refractivity contribution is 5.78. The van der Waals surface area contributed by atoms with E-state index in [2.05, 4.69) is 12.2 Å². The van der Waals surface area contributed by atoms with Crippen LogP contribution in [0.15, 0.2) is 0 Å². The molecular formula is C15H30N2O3. The number of aliphatic hydroxyl groups is 2. The van der Waals surface area contributed by atoms with Crippen molar-refractivity contribution >= 4 is 5.91 Å². The summed E-state index contributed by atoms with van der Waals surface area (Å²) in [5, 5.41) is 21.6. The second kappa shape index (κ2) is 7.96. The van der Waals surface area contributed by atoms with E-state index in [0.29, 0.717) is 19.1 Å². The maximum absolute atomic E-state index is 12.0. The van der Waals surface area contributed by atoms with Crippen LogP contribution in [0, 0.1) is 11.3 Å². The van der Waals surface area contributed by atoms with Crippen molar-refractivity contribution in [2.45, 2.75) is 45.6 Å². The molecule has 1 saturated carbocycles. The number of carbonyl (C=O) groups is 1. The zero-order chi connectivity index (χ0) is 15.2. The number of aliphatic hydroxyl groups excluding tert-OH is 2. The molecule has 0 bridgehead atoms. The quantitative estimate of drug-likeness (QED) is 0.641. The monoisotopic (exact) mass is 286 g/mol. The third-order valence-corrected chi connectivity index (χ3v) is 4.21. The highest BCUT2D eigenvalue weighted by atomic mass is 16.3. The van der Waals surface area contributed by atoms with Crippen LogP contribution in [0.3, 0.4) is 0 Å². The minimum Gasteiger partial charge on any atom is -0.396 e. The van der Waals surface area contributed by atoms with E-state index in [-0.39, 0.29) is 19.1 Å². The van der Waals surface area contributed by atoms with Crippen LogP contribution < -0.4 is 5.32 Å². The number of rotatable bonds is 7. The van der Waals surface area contributed by atoms with Gasteiger partial charge in [0.2, 0.25) is 5.91 Å². The highest BCUT2D eigenvalue weighted by Gasteiger charge is 2.26. The molecular weight excluding hydrogens is 256 g/mol. The van der Waals surface area contributed by atoms with E-state index in [0.717, 1.165) is 18.8 Å². The SMILES string of the molecule is CC1CCC(NC(=O)CN(C)CC(C)(CO)CO)CC1. The van der Waals surface area contributed by atoms with Gasteiger partial charge in [0.05, 0.1) is 19.8 Å². The first-order chi connectivity index (χ1) is 9.38. The standard InChI is InChI=1S/C15H30N2O3/c1-12-4-6-13(7-5-12)16-14(20)8-17(3)9-15(2,10-18)11-19/h12-13,18-19H,4-11H2,1-3H3,(H,16,20). The Labute approximate surface area is 122 Å². The average Bonchev–Trinajstić information content (AvgIpc) is 2.41. The van der Waals surface area contributed by atoms with Gasteiger partial charge in [0.25, 0.3) is 0 Å². The van der Waals surface area contributed by atoms with E-state index >= 15 is 0 Å². The lowest BCUT2D eigenvalue weighted by molar-refractivity contribution is -0.123. The summed E-state index contributed by atoms with van der Waals surface area (Å²) in [5.41, 5.74) is -0.560. The van der Waals surface area contributed by atoms with Crippen molar-refractivity contribution in [1.29, 1.82) is 0 Å². The fourth-order valence-corrected chi connectivity index (χ4v) is 2.78. The van der Waals surface area contributed by atoms with Crippen molar-refractivity contribution in [1.82, 2.24) is 10.2 Å². The molecule has 1 aliphatic rings. The van der Waals surface area contributed by atoms with Gasteiger partial charge in [-0.1, -0.05) is 13.8 Å². The van der Waals surface area contributed by atoms with Crippen LogP contribution in [0.1, 0.15) is 39.5 Å². The van der Waals surface area contributed by atoms with Crippen LogP contribution in [0.2, 0.25) is 0 Å². The number of nitrogens with zero attached hydrogens (tertiary/aromatic N) is 1. The third-order valence-electron chi connectivity index (χ3n) is 4.21. The van der Waals surface area contributed by atoms with Crippen molar-refractivity contribution in [2.24, 2.45) is 11.3 Å². The summed E-state index contributed by atoms with van der Waals surface area (Å²) in [7, 11) is 1.84. The number of amides is 1. The lowest BCUT2D eigenvalue weighted by Crippen LogP contribution is -2.46. The Balaban J connectivity index is 2.31. The highest BCUT2D eigenvalue weighted by Crippen LogP contribution is 2.23. The van der Waals surface area contributed by atoms with Crippen LogP contribution in [0.5, 0.6) is 0 Å². The molecule has 5 nitrogen and oxygen atoms in total.